The first-order valence-electron chi connectivity index (χ1n) is 12.5. The lowest BCUT2D eigenvalue weighted by atomic mass is 9.89. The van der Waals surface area contributed by atoms with E-state index in [2.05, 4.69) is 4.74 Å². The molecule has 0 aromatic rings. The van der Waals surface area contributed by atoms with Crippen LogP contribution in [-0.2, 0) is 9.53 Å². The molecule has 294 valence electrons. The van der Waals surface area contributed by atoms with E-state index in [0.29, 0.717) is 0 Å². The first-order chi connectivity index (χ1) is 21.2. The zero-order chi connectivity index (χ0) is 39.9. The highest BCUT2D eigenvalue weighted by atomic mass is 19.4. The Balaban J connectivity index is 5.38. The highest BCUT2D eigenvalue weighted by Crippen LogP contribution is 2.63. The van der Waals surface area contributed by atoms with E-state index in [0.717, 1.165) is 0 Å². The molecule has 0 unspecified atom stereocenters. The molecule has 0 saturated heterocycles. The third-order valence-corrected chi connectivity index (χ3v) is 6.59. The van der Waals surface area contributed by atoms with Crippen LogP contribution in [0.5, 0.6) is 0 Å². The molecule has 0 bridgehead atoms. The van der Waals surface area contributed by atoms with Crippen LogP contribution >= 0.6 is 0 Å². The predicted octanol–water partition coefficient (Wildman–Crippen LogP) is 10.8. The van der Waals surface area contributed by atoms with Crippen LogP contribution in [-0.4, -0.2) is 83.9 Å². The molecular weight excluding hydrogens is 771 g/mol. The van der Waals surface area contributed by atoms with Crippen molar-refractivity contribution in [1.82, 2.24) is 0 Å². The number of halogens is 25. The fourth-order valence-corrected chi connectivity index (χ4v) is 3.33. The van der Waals surface area contributed by atoms with Crippen LogP contribution in [0.2, 0.25) is 0 Å². The van der Waals surface area contributed by atoms with Gasteiger partial charge in [-0.25, -0.2) is 0 Å². The van der Waals surface area contributed by atoms with Gasteiger partial charge in [0.25, 0.3) is 0 Å². The summed E-state index contributed by atoms with van der Waals surface area (Å²) in [6, 6.07) is 0. The van der Waals surface area contributed by atoms with Gasteiger partial charge in [0.1, 0.15) is 0 Å². The van der Waals surface area contributed by atoms with Gasteiger partial charge in [-0.05, 0) is 19.3 Å². The highest BCUT2D eigenvalue weighted by molar-refractivity contribution is 5.69. The maximum absolute atomic E-state index is 13.8. The van der Waals surface area contributed by atoms with E-state index in [1.807, 2.05) is 0 Å². The van der Waals surface area contributed by atoms with Gasteiger partial charge in [-0.1, -0.05) is 6.92 Å². The molecule has 2 nitrogen and oxygen atoms in total. The number of hydrogen-bond donors (Lipinski definition) is 0. The summed E-state index contributed by atoms with van der Waals surface area (Å²) in [5.74, 6) is -83.9. The van der Waals surface area contributed by atoms with Gasteiger partial charge in [0.2, 0.25) is 0 Å². The van der Waals surface area contributed by atoms with Crippen molar-refractivity contribution in [2.24, 2.45) is 0 Å². The topological polar surface area (TPSA) is 26.3 Å². The lowest BCUT2D eigenvalue weighted by molar-refractivity contribution is -0.452. The Morgan fingerprint density at radius 3 is 1.12 bits per heavy atom. The van der Waals surface area contributed by atoms with Crippen molar-refractivity contribution in [3.63, 3.8) is 0 Å². The predicted molar refractivity (Wildman–Crippen MR) is 109 cm³/mol. The summed E-state index contributed by atoms with van der Waals surface area (Å²) in [7, 11) is 0. The molecule has 0 heterocycles. The van der Waals surface area contributed by atoms with Gasteiger partial charge in [0.15, 0.2) is 0 Å². The van der Waals surface area contributed by atoms with Crippen LogP contribution in [0.15, 0.2) is 0 Å². The van der Waals surface area contributed by atoms with Crippen LogP contribution < -0.4 is 0 Å². The van der Waals surface area contributed by atoms with Crippen LogP contribution in [0.3, 0.4) is 0 Å². The van der Waals surface area contributed by atoms with E-state index in [-0.39, 0.29) is 6.92 Å². The molecule has 0 aliphatic carbocycles. The molecule has 0 aliphatic rings. The van der Waals surface area contributed by atoms with Gasteiger partial charge in [0.05, 0.1) is 13.0 Å². The Bertz CT molecular complexity index is 1120. The van der Waals surface area contributed by atoms with E-state index in [9.17, 15) is 115 Å². The molecule has 0 aromatic heterocycles. The van der Waals surface area contributed by atoms with Crippen LogP contribution in [0.25, 0.3) is 0 Å². The van der Waals surface area contributed by atoms with Crippen molar-refractivity contribution < 1.29 is 119 Å². The zero-order valence-electron chi connectivity index (χ0n) is 23.4. The van der Waals surface area contributed by atoms with Crippen molar-refractivity contribution in [2.75, 3.05) is 6.61 Å². The Kier molecular flexibility index (Phi) is 13.1. The molecule has 0 atom stereocenters. The number of hydrogen-bond acceptors (Lipinski definition) is 2. The largest absolute Gasteiger partial charge is 0.466 e. The summed E-state index contributed by atoms with van der Waals surface area (Å²) in [6.07, 6.45) is -21.3. The number of ether oxygens (including phenoxy) is 1. The van der Waals surface area contributed by atoms with Gasteiger partial charge in [0, 0.05) is 19.3 Å². The van der Waals surface area contributed by atoms with Gasteiger partial charge in [-0.2, -0.15) is 110 Å². The summed E-state index contributed by atoms with van der Waals surface area (Å²) in [5.41, 5.74) is 0. The second-order valence-corrected chi connectivity index (χ2v) is 10.1. The fraction of sp³-hybridized carbons (Fsp3) is 0.955. The average Bonchev–Trinajstić information content (AvgIpc) is 2.92. The van der Waals surface area contributed by atoms with E-state index in [4.69, 9.17) is 0 Å². The quantitative estimate of drug-likeness (QED) is 0.0740. The number of unbranched alkanes of at least 4 members (excludes halogenated alkanes) is 2. The van der Waals surface area contributed by atoms with Gasteiger partial charge < -0.3 is 4.74 Å². The Morgan fingerprint density at radius 2 is 0.735 bits per heavy atom. The second kappa shape index (κ2) is 13.7. The van der Waals surface area contributed by atoms with Crippen LogP contribution in [0, 0.1) is 0 Å². The zero-order valence-corrected chi connectivity index (χ0v) is 23.4. The molecule has 0 aromatic carbocycles. The van der Waals surface area contributed by atoms with E-state index >= 15 is 0 Å². The number of carbonyl (C=O) groups excluding carboxylic acids is 1. The fourth-order valence-electron chi connectivity index (χ4n) is 3.33. The lowest BCUT2D eigenvalue weighted by Gasteiger charge is -2.41. The number of alkyl halides is 25. The lowest BCUT2D eigenvalue weighted by Crippen LogP contribution is -2.72. The third-order valence-electron chi connectivity index (χ3n) is 6.59. The molecule has 0 fully saturated rings. The van der Waals surface area contributed by atoms with Crippen molar-refractivity contribution in [3.05, 3.63) is 0 Å². The number of esters is 1. The SMILES string of the molecule is CCC(F)(F)C(F)(F)C(F)(F)C(F)(F)C(F)(F)CCC(=O)OCCCCCC(F)(F)C(F)(F)C(F)(F)C(F)(F)C(F)(F)C(F)(F)C(F)(F)F. The molecule has 0 N–H and O–H groups in total. The Hall–Kier alpha value is -2.28. The second-order valence-electron chi connectivity index (χ2n) is 10.1. The van der Waals surface area contributed by atoms with Gasteiger partial charge in [-0.3, -0.25) is 4.79 Å². The standard InChI is InChI=1S/C22H19F25O2/c1-2-11(23,24)14(29,30)17(35,36)16(33,34)13(27,28)8-6-10(48)49-9-5-3-4-7-12(25,26)15(31,32)18(37,38)19(39,40)20(41,42)21(43,44)22(45,46)47/h2-9H2,1H3. The van der Waals surface area contributed by atoms with Crippen molar-refractivity contribution in [2.45, 2.75) is 123 Å². The van der Waals surface area contributed by atoms with E-state index < -0.39 is 129 Å². The summed E-state index contributed by atoms with van der Waals surface area (Å²) < 4.78 is 336. The van der Waals surface area contributed by atoms with Crippen molar-refractivity contribution >= 4 is 5.97 Å². The van der Waals surface area contributed by atoms with Gasteiger partial charge >= 0.3 is 77.3 Å². The Morgan fingerprint density at radius 1 is 0.408 bits per heavy atom. The summed E-state index contributed by atoms with van der Waals surface area (Å²) in [5, 5.41) is 0. The average molecular weight is 790 g/mol. The maximum atomic E-state index is 13.8. The summed E-state index contributed by atoms with van der Waals surface area (Å²) in [6.45, 7) is -1.15. The normalized spacial score (nSPS) is 15.9. The number of rotatable bonds is 19. The van der Waals surface area contributed by atoms with Crippen molar-refractivity contribution in [3.8, 4) is 0 Å². The minimum absolute atomic E-state index is 0.110. The summed E-state index contributed by atoms with van der Waals surface area (Å²) in [4.78, 5) is 11.4. The molecule has 27 heteroatoms. The first-order valence-corrected chi connectivity index (χ1v) is 12.5. The van der Waals surface area contributed by atoms with Crippen LogP contribution in [0.4, 0.5) is 110 Å². The first kappa shape index (κ1) is 46.7. The molecule has 49 heavy (non-hydrogen) atoms. The molecule has 0 aliphatic heterocycles. The monoisotopic (exact) mass is 790 g/mol. The summed E-state index contributed by atoms with van der Waals surface area (Å²) >= 11 is 0. The maximum Gasteiger partial charge on any atom is 0.460 e. The minimum Gasteiger partial charge on any atom is -0.466 e. The smallest absolute Gasteiger partial charge is 0.460 e. The van der Waals surface area contributed by atoms with Crippen molar-refractivity contribution in [1.29, 1.82) is 0 Å². The number of carbonyl (C=O) groups is 1. The molecule has 0 amide bonds. The molecule has 0 radical (unpaired) electrons. The highest BCUT2D eigenvalue weighted by Gasteiger charge is 2.93. The van der Waals surface area contributed by atoms with E-state index in [1.54, 1.807) is 0 Å². The van der Waals surface area contributed by atoms with E-state index in [1.165, 1.54) is 0 Å². The minimum atomic E-state index is -8.50. The molecule has 0 saturated carbocycles. The van der Waals surface area contributed by atoms with Gasteiger partial charge in [-0.15, -0.1) is 0 Å². The molecule has 0 rings (SSSR count). The van der Waals surface area contributed by atoms with Crippen LogP contribution in [0.1, 0.15) is 51.9 Å². The molecular formula is C22H19F25O2. The Labute approximate surface area is 256 Å². The third kappa shape index (κ3) is 7.67. The molecule has 0 spiro atoms.